The summed E-state index contributed by atoms with van der Waals surface area (Å²) in [5.41, 5.74) is 2.08. The third-order valence-electron chi connectivity index (χ3n) is 2.49. The van der Waals surface area contributed by atoms with Gasteiger partial charge >= 0.3 is 0 Å². The molecule has 1 nitrogen and oxygen atoms in total. The molecule has 0 aliphatic heterocycles. The number of hydrogen-bond donors (Lipinski definition) is 0. The lowest BCUT2D eigenvalue weighted by molar-refractivity contribution is 0.593. The molecule has 0 saturated heterocycles. The van der Waals surface area contributed by atoms with Crippen LogP contribution in [0, 0.1) is 5.82 Å². The summed E-state index contributed by atoms with van der Waals surface area (Å²) >= 11 is 0. The first-order valence-electron chi connectivity index (χ1n) is 5.03. The molecule has 1 aromatic carbocycles. The summed E-state index contributed by atoms with van der Waals surface area (Å²) in [7, 11) is 0. The third kappa shape index (κ3) is 1.84. The molecule has 2 aromatic rings. The zero-order valence-electron chi connectivity index (χ0n) is 9.21. The zero-order chi connectivity index (χ0) is 11.1. The van der Waals surface area contributed by atoms with Crippen LogP contribution in [0.2, 0.25) is 0 Å². The van der Waals surface area contributed by atoms with Gasteiger partial charge in [-0.15, -0.1) is 0 Å². The van der Waals surface area contributed by atoms with E-state index < -0.39 is 0 Å². The predicted molar refractivity (Wildman–Crippen MR) is 60.4 cm³/mol. The molecule has 1 aromatic heterocycles. The van der Waals surface area contributed by atoms with E-state index in [1.165, 1.54) is 12.3 Å². The van der Waals surface area contributed by atoms with Crippen molar-refractivity contribution in [2.24, 2.45) is 0 Å². The minimum absolute atomic E-state index is 0.0321. The van der Waals surface area contributed by atoms with Crippen molar-refractivity contribution in [2.45, 2.75) is 26.2 Å². The molecular formula is C13H14FN. The van der Waals surface area contributed by atoms with Crippen molar-refractivity contribution in [3.8, 4) is 0 Å². The number of pyridine rings is 1. The molecule has 0 fully saturated rings. The Morgan fingerprint density at radius 2 is 1.93 bits per heavy atom. The summed E-state index contributed by atoms with van der Waals surface area (Å²) in [5.74, 6) is -0.284. The summed E-state index contributed by atoms with van der Waals surface area (Å²) < 4.78 is 13.0. The summed E-state index contributed by atoms with van der Waals surface area (Å²) in [5, 5.41) is 0.863. The van der Waals surface area contributed by atoms with Gasteiger partial charge in [-0.2, -0.15) is 0 Å². The molecule has 2 heteroatoms. The molecule has 0 aliphatic carbocycles. The maximum absolute atomic E-state index is 13.0. The lowest BCUT2D eigenvalue weighted by Gasteiger charge is -2.20. The Morgan fingerprint density at radius 3 is 2.60 bits per heavy atom. The van der Waals surface area contributed by atoms with Crippen LogP contribution >= 0.6 is 0 Å². The van der Waals surface area contributed by atoms with Crippen LogP contribution in [0.3, 0.4) is 0 Å². The van der Waals surface area contributed by atoms with Crippen LogP contribution < -0.4 is 0 Å². The van der Waals surface area contributed by atoms with Crippen LogP contribution in [0.25, 0.3) is 10.9 Å². The summed E-state index contributed by atoms with van der Waals surface area (Å²) in [6.07, 6.45) is 1.28. The van der Waals surface area contributed by atoms with E-state index in [1.807, 2.05) is 18.2 Å². The van der Waals surface area contributed by atoms with E-state index in [4.69, 9.17) is 0 Å². The Labute approximate surface area is 89.0 Å². The van der Waals surface area contributed by atoms with Crippen molar-refractivity contribution in [3.63, 3.8) is 0 Å². The fourth-order valence-electron chi connectivity index (χ4n) is 1.74. The van der Waals surface area contributed by atoms with Gasteiger partial charge in [0.15, 0.2) is 0 Å². The molecule has 78 valence electrons. The Balaban J connectivity index is 2.77. The molecule has 0 amide bonds. The van der Waals surface area contributed by atoms with Gasteiger partial charge in [0, 0.05) is 5.39 Å². The first-order chi connectivity index (χ1) is 6.98. The van der Waals surface area contributed by atoms with Gasteiger partial charge in [0.05, 0.1) is 11.7 Å². The largest absolute Gasteiger partial charge is 0.253 e. The molecule has 2 rings (SSSR count). The molecule has 0 atom stereocenters. The highest BCUT2D eigenvalue weighted by atomic mass is 19.1. The van der Waals surface area contributed by atoms with Gasteiger partial charge in [0.2, 0.25) is 0 Å². The van der Waals surface area contributed by atoms with Gasteiger partial charge in [-0.3, -0.25) is 4.98 Å². The quantitative estimate of drug-likeness (QED) is 0.636. The van der Waals surface area contributed by atoms with E-state index in [2.05, 4.69) is 25.8 Å². The minimum atomic E-state index is -0.284. The van der Waals surface area contributed by atoms with Gasteiger partial charge in [-0.25, -0.2) is 4.39 Å². The van der Waals surface area contributed by atoms with Crippen molar-refractivity contribution < 1.29 is 4.39 Å². The molecule has 0 radical (unpaired) electrons. The number of hydrogen-bond acceptors (Lipinski definition) is 1. The van der Waals surface area contributed by atoms with E-state index >= 15 is 0 Å². The van der Waals surface area contributed by atoms with Crippen molar-refractivity contribution in [1.82, 2.24) is 4.98 Å². The smallest absolute Gasteiger partial charge is 0.142 e. The van der Waals surface area contributed by atoms with Gasteiger partial charge in [0.25, 0.3) is 0 Å². The fraction of sp³-hybridized carbons (Fsp3) is 0.308. The normalized spacial score (nSPS) is 12.0. The summed E-state index contributed by atoms with van der Waals surface area (Å²) in [6, 6.07) is 7.41. The number of fused-ring (bicyclic) bond motifs is 1. The SMILES string of the molecule is CC(C)(C)c1cccc2cc(F)cnc12. The number of nitrogens with zero attached hydrogens (tertiary/aromatic N) is 1. The number of halogens is 1. The van der Waals surface area contributed by atoms with Crippen molar-refractivity contribution in [3.05, 3.63) is 41.8 Å². The highest BCUT2D eigenvalue weighted by Crippen LogP contribution is 2.28. The van der Waals surface area contributed by atoms with Crippen LogP contribution in [0.5, 0.6) is 0 Å². The minimum Gasteiger partial charge on any atom is -0.253 e. The van der Waals surface area contributed by atoms with E-state index in [1.54, 1.807) is 0 Å². The molecule has 0 unspecified atom stereocenters. The lowest BCUT2D eigenvalue weighted by atomic mass is 9.85. The Morgan fingerprint density at radius 1 is 1.20 bits per heavy atom. The van der Waals surface area contributed by atoms with Crippen molar-refractivity contribution in [1.29, 1.82) is 0 Å². The maximum atomic E-state index is 13.0. The van der Waals surface area contributed by atoms with E-state index in [0.717, 1.165) is 16.5 Å². The second-order valence-electron chi connectivity index (χ2n) is 4.78. The van der Waals surface area contributed by atoms with Crippen molar-refractivity contribution >= 4 is 10.9 Å². The molecule has 15 heavy (non-hydrogen) atoms. The number of aromatic nitrogens is 1. The van der Waals surface area contributed by atoms with Crippen LogP contribution in [0.15, 0.2) is 30.5 Å². The number of para-hydroxylation sites is 1. The van der Waals surface area contributed by atoms with Gasteiger partial charge in [-0.1, -0.05) is 39.0 Å². The molecule has 0 N–H and O–H groups in total. The zero-order valence-corrected chi connectivity index (χ0v) is 9.21. The Bertz CT molecular complexity index is 497. The monoisotopic (exact) mass is 203 g/mol. The first-order valence-corrected chi connectivity index (χ1v) is 5.03. The van der Waals surface area contributed by atoms with Crippen molar-refractivity contribution in [2.75, 3.05) is 0 Å². The van der Waals surface area contributed by atoms with Crippen LogP contribution in [-0.2, 0) is 5.41 Å². The van der Waals surface area contributed by atoms with Crippen LogP contribution in [0.4, 0.5) is 4.39 Å². The fourth-order valence-corrected chi connectivity index (χ4v) is 1.74. The standard InChI is InChI=1S/C13H14FN/c1-13(2,3)11-6-4-5-9-7-10(14)8-15-12(9)11/h4-8H,1-3H3. The third-order valence-corrected chi connectivity index (χ3v) is 2.49. The molecule has 1 heterocycles. The average Bonchev–Trinajstić information content (AvgIpc) is 2.15. The average molecular weight is 203 g/mol. The van der Waals surface area contributed by atoms with Gasteiger partial charge in [0.1, 0.15) is 5.82 Å². The molecular weight excluding hydrogens is 189 g/mol. The van der Waals surface area contributed by atoms with E-state index in [-0.39, 0.29) is 11.2 Å². The van der Waals surface area contributed by atoms with Crippen LogP contribution in [-0.4, -0.2) is 4.98 Å². The highest BCUT2D eigenvalue weighted by molar-refractivity contribution is 5.82. The number of rotatable bonds is 0. The summed E-state index contributed by atoms with van der Waals surface area (Å²) in [6.45, 7) is 6.40. The second-order valence-corrected chi connectivity index (χ2v) is 4.78. The van der Waals surface area contributed by atoms with Gasteiger partial charge in [-0.05, 0) is 17.0 Å². The Hall–Kier alpha value is -1.44. The molecule has 0 spiro atoms. The predicted octanol–water partition coefficient (Wildman–Crippen LogP) is 3.67. The van der Waals surface area contributed by atoms with Gasteiger partial charge < -0.3 is 0 Å². The van der Waals surface area contributed by atoms with Crippen LogP contribution in [0.1, 0.15) is 26.3 Å². The lowest BCUT2D eigenvalue weighted by Crippen LogP contribution is -2.12. The molecule has 0 bridgehead atoms. The summed E-state index contributed by atoms with van der Waals surface area (Å²) in [4.78, 5) is 4.17. The number of benzene rings is 1. The molecule has 0 saturated carbocycles. The Kier molecular flexibility index (Phi) is 2.22. The highest BCUT2D eigenvalue weighted by Gasteiger charge is 2.17. The van der Waals surface area contributed by atoms with E-state index in [9.17, 15) is 4.39 Å². The maximum Gasteiger partial charge on any atom is 0.142 e. The van der Waals surface area contributed by atoms with E-state index in [0.29, 0.717) is 0 Å². The topological polar surface area (TPSA) is 12.9 Å². The molecule has 0 aliphatic rings. The first kappa shape index (κ1) is 10.1. The second kappa shape index (κ2) is 3.30.